The molecular weight excluding hydrogens is 266 g/mol. The van der Waals surface area contributed by atoms with Gasteiger partial charge in [0.25, 0.3) is 0 Å². The van der Waals surface area contributed by atoms with Crippen LogP contribution < -0.4 is 0 Å². The van der Waals surface area contributed by atoms with Crippen molar-refractivity contribution in [2.75, 3.05) is 13.6 Å². The van der Waals surface area contributed by atoms with Crippen molar-refractivity contribution < 1.29 is 19.5 Å². The third-order valence-corrected chi connectivity index (χ3v) is 2.54. The van der Waals surface area contributed by atoms with Crippen LogP contribution in [0.4, 0.5) is 5.82 Å². The maximum Gasteiger partial charge on any atom is 0.383 e. The number of hydrogen-bond donors (Lipinski definition) is 1. The van der Waals surface area contributed by atoms with Gasteiger partial charge >= 0.3 is 11.1 Å². The minimum absolute atomic E-state index is 0.0341. The number of aliphatic hydroxyl groups excluding tert-OH is 1. The largest absolute Gasteiger partial charge is 0.383 e. The average Bonchev–Trinajstić information content (AvgIpc) is 2.70. The van der Waals surface area contributed by atoms with E-state index < -0.39 is 11.7 Å². The molecule has 0 saturated carbocycles. The number of aromatic nitrogens is 2. The summed E-state index contributed by atoms with van der Waals surface area (Å²) in [6, 6.07) is 0. The number of hydrogen-bond acceptors (Lipinski definition) is 6. The number of aliphatic hydroxyl groups is 1. The Bertz CT molecular complexity index is 398. The van der Waals surface area contributed by atoms with E-state index in [1.807, 2.05) is 6.92 Å². The Balaban J connectivity index is 2.60. The van der Waals surface area contributed by atoms with E-state index in [1.165, 1.54) is 10.8 Å². The number of rotatable bonds is 8. The molecule has 9 heteroatoms. The zero-order chi connectivity index (χ0) is 13.5. The molecule has 0 fully saturated rings. The molecule has 0 aliphatic heterocycles. The van der Waals surface area contributed by atoms with E-state index in [0.29, 0.717) is 13.0 Å². The lowest BCUT2D eigenvalue weighted by Gasteiger charge is -2.15. The number of halogens is 1. The summed E-state index contributed by atoms with van der Waals surface area (Å²) in [5, 5.41) is 19.0. The first kappa shape index (κ1) is 14.8. The monoisotopic (exact) mass is 279 g/mol. The minimum atomic E-state index is -0.612. The van der Waals surface area contributed by atoms with Gasteiger partial charge in [0.1, 0.15) is 19.8 Å². The number of nitro groups is 1. The normalized spacial score (nSPS) is 12.6. The van der Waals surface area contributed by atoms with Crippen LogP contribution in [-0.4, -0.2) is 39.3 Å². The maximum absolute atomic E-state index is 10.5. The first-order valence-corrected chi connectivity index (χ1v) is 5.63. The first-order valence-electron chi connectivity index (χ1n) is 5.25. The number of imidazole rings is 1. The summed E-state index contributed by atoms with van der Waals surface area (Å²) in [6.07, 6.45) is 1.68. The second kappa shape index (κ2) is 7.27. The van der Waals surface area contributed by atoms with Gasteiger partial charge in [0.05, 0.1) is 12.6 Å². The van der Waals surface area contributed by atoms with Crippen LogP contribution in [0.15, 0.2) is 6.20 Å². The predicted octanol–water partition coefficient (Wildman–Crippen LogP) is 1.16. The van der Waals surface area contributed by atoms with Gasteiger partial charge in [-0.15, -0.1) is 0 Å². The van der Waals surface area contributed by atoms with Crippen molar-refractivity contribution in [2.45, 2.75) is 26.0 Å². The van der Waals surface area contributed by atoms with Crippen molar-refractivity contribution in [1.82, 2.24) is 9.55 Å². The lowest BCUT2D eigenvalue weighted by atomic mass is 10.3. The molecule has 8 nitrogen and oxygen atoms in total. The summed E-state index contributed by atoms with van der Waals surface area (Å²) in [5.41, 5.74) is 0. The number of nitrogens with zero attached hydrogens (tertiary/aromatic N) is 3. The fourth-order valence-corrected chi connectivity index (χ4v) is 1.50. The third-order valence-electron chi connectivity index (χ3n) is 2.24. The van der Waals surface area contributed by atoms with Gasteiger partial charge in [-0.25, -0.2) is 0 Å². The van der Waals surface area contributed by atoms with E-state index in [9.17, 15) is 10.1 Å². The molecule has 0 saturated heterocycles. The van der Waals surface area contributed by atoms with Crippen molar-refractivity contribution in [3.8, 4) is 0 Å². The zero-order valence-corrected chi connectivity index (χ0v) is 10.5. The maximum atomic E-state index is 10.5. The molecule has 0 amide bonds. The highest BCUT2D eigenvalue weighted by atomic mass is 35.5. The standard InChI is InChI=1S/C9H14ClN3O5/c1-2-7(18-6-17-5-14)3-12-4-8(13(15)16)11-9(12)10/h4,7,14H,2-3,5-6H2,1H3. The molecule has 0 aromatic carbocycles. The summed E-state index contributed by atoms with van der Waals surface area (Å²) < 4.78 is 11.4. The Labute approximate surface area is 108 Å². The van der Waals surface area contributed by atoms with Gasteiger partial charge in [0, 0.05) is 0 Å². The van der Waals surface area contributed by atoms with Crippen LogP contribution >= 0.6 is 11.6 Å². The lowest BCUT2D eigenvalue weighted by Crippen LogP contribution is -2.20. The summed E-state index contributed by atoms with van der Waals surface area (Å²) in [4.78, 5) is 13.5. The summed E-state index contributed by atoms with van der Waals surface area (Å²) >= 11 is 5.77. The minimum Gasteiger partial charge on any atom is -0.371 e. The van der Waals surface area contributed by atoms with Crippen LogP contribution in [0.5, 0.6) is 0 Å². The Kier molecular flexibility index (Phi) is 5.99. The molecule has 0 radical (unpaired) electrons. The molecular formula is C9H14ClN3O5. The molecule has 1 unspecified atom stereocenters. The van der Waals surface area contributed by atoms with Gasteiger partial charge in [-0.1, -0.05) is 6.92 Å². The molecule has 1 rings (SSSR count). The van der Waals surface area contributed by atoms with Crippen molar-refractivity contribution >= 4 is 17.4 Å². The number of ether oxygens (including phenoxy) is 2. The van der Waals surface area contributed by atoms with E-state index >= 15 is 0 Å². The fourth-order valence-electron chi connectivity index (χ4n) is 1.30. The molecule has 1 atom stereocenters. The molecule has 1 aromatic heterocycles. The molecule has 102 valence electrons. The Morgan fingerprint density at radius 2 is 2.44 bits per heavy atom. The van der Waals surface area contributed by atoms with Gasteiger partial charge in [-0.05, 0) is 27.9 Å². The molecule has 0 aliphatic carbocycles. The van der Waals surface area contributed by atoms with Gasteiger partial charge < -0.3 is 24.7 Å². The molecule has 0 aliphatic rings. The Morgan fingerprint density at radius 3 is 2.94 bits per heavy atom. The van der Waals surface area contributed by atoms with Gasteiger partial charge in [-0.3, -0.25) is 4.57 Å². The smallest absolute Gasteiger partial charge is 0.371 e. The lowest BCUT2D eigenvalue weighted by molar-refractivity contribution is -0.389. The van der Waals surface area contributed by atoms with E-state index in [1.54, 1.807) is 0 Å². The molecule has 0 spiro atoms. The van der Waals surface area contributed by atoms with Crippen LogP contribution in [0.1, 0.15) is 13.3 Å². The molecule has 18 heavy (non-hydrogen) atoms. The topological polar surface area (TPSA) is 99.7 Å². The molecule has 1 heterocycles. The summed E-state index contributed by atoms with van der Waals surface area (Å²) in [5.74, 6) is -0.304. The molecule has 1 aromatic rings. The third kappa shape index (κ3) is 4.22. The zero-order valence-electron chi connectivity index (χ0n) is 9.78. The first-order chi connectivity index (χ1) is 8.58. The van der Waals surface area contributed by atoms with E-state index in [2.05, 4.69) is 9.72 Å². The van der Waals surface area contributed by atoms with E-state index in [-0.39, 0.29) is 24.0 Å². The SMILES string of the molecule is CCC(Cn1cc([N+](=O)[O-])nc1Cl)OCOCO. The van der Waals surface area contributed by atoms with Crippen LogP contribution in [-0.2, 0) is 16.0 Å². The predicted molar refractivity (Wildman–Crippen MR) is 62.1 cm³/mol. The highest BCUT2D eigenvalue weighted by Gasteiger charge is 2.19. The van der Waals surface area contributed by atoms with Crippen LogP contribution in [0, 0.1) is 10.1 Å². The Hall–Kier alpha value is -1.22. The highest BCUT2D eigenvalue weighted by Crippen LogP contribution is 2.17. The van der Waals surface area contributed by atoms with E-state index in [0.717, 1.165) is 0 Å². The highest BCUT2D eigenvalue weighted by molar-refractivity contribution is 6.28. The van der Waals surface area contributed by atoms with Crippen LogP contribution in [0.25, 0.3) is 0 Å². The molecule has 0 bridgehead atoms. The van der Waals surface area contributed by atoms with Gasteiger partial charge in [0.15, 0.2) is 0 Å². The van der Waals surface area contributed by atoms with Crippen LogP contribution in [0.2, 0.25) is 5.28 Å². The average molecular weight is 280 g/mol. The van der Waals surface area contributed by atoms with Crippen molar-refractivity contribution in [3.63, 3.8) is 0 Å². The van der Waals surface area contributed by atoms with Gasteiger partial charge in [0.2, 0.25) is 0 Å². The van der Waals surface area contributed by atoms with E-state index in [4.69, 9.17) is 21.4 Å². The van der Waals surface area contributed by atoms with Crippen molar-refractivity contribution in [3.05, 3.63) is 21.6 Å². The van der Waals surface area contributed by atoms with Crippen molar-refractivity contribution in [1.29, 1.82) is 0 Å². The second-order valence-corrected chi connectivity index (χ2v) is 3.76. The van der Waals surface area contributed by atoms with Crippen LogP contribution in [0.3, 0.4) is 0 Å². The Morgan fingerprint density at radius 1 is 1.72 bits per heavy atom. The molecule has 1 N–H and O–H groups in total. The van der Waals surface area contributed by atoms with Gasteiger partial charge in [-0.2, -0.15) is 0 Å². The summed E-state index contributed by atoms with van der Waals surface area (Å²) in [7, 11) is 0. The quantitative estimate of drug-likeness (QED) is 0.332. The van der Waals surface area contributed by atoms with Crippen molar-refractivity contribution in [2.24, 2.45) is 0 Å². The second-order valence-electron chi connectivity index (χ2n) is 3.43. The summed E-state index contributed by atoms with van der Waals surface area (Å²) in [6.45, 7) is 1.74. The fraction of sp³-hybridized carbons (Fsp3) is 0.667.